The van der Waals surface area contributed by atoms with Gasteiger partial charge in [0.25, 0.3) is 0 Å². The van der Waals surface area contributed by atoms with E-state index in [1.807, 2.05) is 82.1 Å². The lowest BCUT2D eigenvalue weighted by Crippen LogP contribution is -2.54. The Hall–Kier alpha value is -3.11. The maximum Gasteiger partial charge on any atom is 0.224 e. The van der Waals surface area contributed by atoms with E-state index in [2.05, 4.69) is 62.4 Å². The molecule has 4 unspecified atom stereocenters. The van der Waals surface area contributed by atoms with Gasteiger partial charge in [-0.05, 0) is 75.4 Å². The third-order valence-electron chi connectivity index (χ3n) is 12.2. The summed E-state index contributed by atoms with van der Waals surface area (Å²) in [5.74, 6) is -0.720. The fraction of sp³-hybridized carbons (Fsp3) is 0.698. The Morgan fingerprint density at radius 1 is 0.906 bits per heavy atom. The van der Waals surface area contributed by atoms with E-state index in [4.69, 9.17) is 0 Å². The minimum absolute atomic E-state index is 0.00961. The fourth-order valence-electron chi connectivity index (χ4n) is 8.50. The van der Waals surface area contributed by atoms with E-state index >= 15 is 0 Å². The molecule has 0 spiro atoms. The smallest absolute Gasteiger partial charge is 0.224 e. The Labute approximate surface area is 324 Å². The van der Waals surface area contributed by atoms with Gasteiger partial charge in [0.1, 0.15) is 5.01 Å². The van der Waals surface area contributed by atoms with Crippen molar-refractivity contribution in [2.45, 2.75) is 131 Å². The summed E-state index contributed by atoms with van der Waals surface area (Å²) < 4.78 is 0. The first-order valence-electron chi connectivity index (χ1n) is 20.0. The number of nitrogens with one attached hydrogen (secondary N) is 2. The molecule has 9 atom stereocenters. The van der Waals surface area contributed by atoms with Gasteiger partial charge in [0.05, 0.1) is 12.1 Å². The number of likely N-dealkylation sites (tertiary alicyclic amines) is 1. The summed E-state index contributed by atoms with van der Waals surface area (Å²) >= 11 is 1.54. The topological polar surface area (TPSA) is 112 Å². The van der Waals surface area contributed by atoms with Gasteiger partial charge in [-0.3, -0.25) is 24.1 Å². The van der Waals surface area contributed by atoms with Crippen LogP contribution in [0, 0.1) is 41.4 Å². The van der Waals surface area contributed by atoms with Crippen LogP contribution < -0.4 is 10.6 Å². The molecule has 3 rings (SSSR count). The Morgan fingerprint density at radius 2 is 1.57 bits per heavy atom. The van der Waals surface area contributed by atoms with Crippen molar-refractivity contribution in [3.63, 3.8) is 0 Å². The monoisotopic (exact) mass is 752 g/mol. The maximum atomic E-state index is 14.3. The second kappa shape index (κ2) is 20.0. The molecular weight excluding hydrogens is 683 g/mol. The average Bonchev–Trinajstić information content (AvgIpc) is 3.79. The van der Waals surface area contributed by atoms with E-state index in [1.165, 1.54) is 0 Å². The van der Waals surface area contributed by atoms with Gasteiger partial charge in [-0.15, -0.1) is 11.3 Å². The molecule has 1 aliphatic heterocycles. The molecule has 0 aliphatic carbocycles. The Kier molecular flexibility index (Phi) is 16.7. The number of likely N-dealkylation sites (N-methyl/N-ethyl adjacent to an activating group) is 1. The molecule has 1 aromatic heterocycles. The van der Waals surface area contributed by atoms with Crippen molar-refractivity contribution in [2.75, 3.05) is 20.6 Å². The summed E-state index contributed by atoms with van der Waals surface area (Å²) in [6.45, 7) is 21.2. The SMILES string of the molecule is CC[C@H](C)C(NC(=O)C(CC(=O)C(C(C)C)N(C)C)C(C)C)[C@H](C)CC(=O)N1CCCC1(C)[C@H](C)[C@H](C)C(=O)N[C@@H](Cc1ccccc1)c1nccs1. The number of hydrogen-bond acceptors (Lipinski definition) is 7. The molecule has 1 aliphatic rings. The largest absolute Gasteiger partial charge is 0.353 e. The third-order valence-corrected chi connectivity index (χ3v) is 13.1. The van der Waals surface area contributed by atoms with Crippen LogP contribution in [0.5, 0.6) is 0 Å². The minimum Gasteiger partial charge on any atom is -0.353 e. The number of aromatic nitrogens is 1. The molecule has 2 N–H and O–H groups in total. The Morgan fingerprint density at radius 3 is 2.11 bits per heavy atom. The predicted molar refractivity (Wildman–Crippen MR) is 216 cm³/mol. The second-order valence-electron chi connectivity index (χ2n) is 17.0. The number of benzene rings is 1. The van der Waals surface area contributed by atoms with Crippen molar-refractivity contribution in [3.8, 4) is 0 Å². The van der Waals surface area contributed by atoms with Crippen molar-refractivity contribution in [2.24, 2.45) is 41.4 Å². The normalized spacial score (nSPS) is 20.8. The molecule has 1 aromatic carbocycles. The quantitative estimate of drug-likeness (QED) is 0.144. The number of thiazole rings is 1. The Bertz CT molecular complexity index is 1460. The van der Waals surface area contributed by atoms with Crippen LogP contribution in [-0.2, 0) is 25.6 Å². The maximum absolute atomic E-state index is 14.3. The number of amides is 3. The van der Waals surface area contributed by atoms with Crippen LogP contribution >= 0.6 is 11.3 Å². The van der Waals surface area contributed by atoms with Gasteiger partial charge in [-0.1, -0.05) is 99.1 Å². The standard InChI is InChI=1S/C43H69N5O4S/c1-13-29(6)38(46-41(52)34(27(2)3)26-36(49)39(28(4)5)47(11)12)30(7)24-37(50)48-22-17-20-43(48,10)32(9)31(8)40(51)45-35(42-44-21-23-53-42)25-33-18-15-14-16-19-33/h14-16,18-19,21,23,27-32,34-35,38-39H,13,17,20,22,24-26H2,1-12H3,(H,45,51)(H,46,52)/t29-,30+,31-,32+,34?,35-,38?,39?,43?/m0/s1. The van der Waals surface area contributed by atoms with Crippen molar-refractivity contribution in [3.05, 3.63) is 52.5 Å². The van der Waals surface area contributed by atoms with Gasteiger partial charge in [-0.2, -0.15) is 0 Å². The number of nitrogens with zero attached hydrogens (tertiary/aromatic N) is 3. The number of rotatable bonds is 20. The van der Waals surface area contributed by atoms with E-state index in [1.54, 1.807) is 17.5 Å². The van der Waals surface area contributed by atoms with E-state index in [-0.39, 0.29) is 83.6 Å². The molecule has 296 valence electrons. The van der Waals surface area contributed by atoms with Gasteiger partial charge in [0, 0.05) is 54.4 Å². The van der Waals surface area contributed by atoms with Crippen molar-refractivity contribution in [1.82, 2.24) is 25.4 Å². The molecule has 1 fully saturated rings. The fourth-order valence-corrected chi connectivity index (χ4v) is 9.19. The summed E-state index contributed by atoms with van der Waals surface area (Å²) in [6, 6.07) is 9.44. The van der Waals surface area contributed by atoms with Crippen LogP contribution in [0.3, 0.4) is 0 Å². The number of carbonyl (C=O) groups is 4. The highest BCUT2D eigenvalue weighted by Gasteiger charge is 2.47. The first-order valence-corrected chi connectivity index (χ1v) is 20.8. The summed E-state index contributed by atoms with van der Waals surface area (Å²) in [6.07, 6.45) is 5.46. The molecule has 2 heterocycles. The van der Waals surface area contributed by atoms with Crippen LogP contribution in [0.15, 0.2) is 41.9 Å². The molecule has 0 radical (unpaired) electrons. The number of ketones is 1. The number of carbonyl (C=O) groups excluding carboxylic acids is 4. The second-order valence-corrected chi connectivity index (χ2v) is 17.9. The van der Waals surface area contributed by atoms with Crippen LogP contribution in [-0.4, -0.2) is 76.6 Å². The Balaban J connectivity index is 1.73. The van der Waals surface area contributed by atoms with Gasteiger partial charge in [-0.25, -0.2) is 4.98 Å². The van der Waals surface area contributed by atoms with Crippen molar-refractivity contribution >= 4 is 34.8 Å². The highest BCUT2D eigenvalue weighted by atomic mass is 32.1. The van der Waals surface area contributed by atoms with Crippen LogP contribution in [0.1, 0.15) is 118 Å². The molecule has 0 saturated carbocycles. The first-order chi connectivity index (χ1) is 24.9. The van der Waals surface area contributed by atoms with E-state index in [0.717, 1.165) is 29.8 Å². The molecular formula is C43H69N5O4S. The molecule has 53 heavy (non-hydrogen) atoms. The zero-order valence-electron chi connectivity index (χ0n) is 34.6. The molecule has 0 bridgehead atoms. The van der Waals surface area contributed by atoms with Gasteiger partial charge in [0.15, 0.2) is 5.78 Å². The minimum atomic E-state index is -0.485. The van der Waals surface area contributed by atoms with Gasteiger partial charge < -0.3 is 15.5 Å². The van der Waals surface area contributed by atoms with Gasteiger partial charge in [0.2, 0.25) is 17.7 Å². The number of Topliss-reactive ketones (excluding diaryl/α,β-unsaturated/α-hetero) is 1. The molecule has 1 saturated heterocycles. The zero-order chi connectivity index (χ0) is 39.6. The van der Waals surface area contributed by atoms with E-state index in [9.17, 15) is 19.2 Å². The molecule has 10 heteroatoms. The highest BCUT2D eigenvalue weighted by molar-refractivity contribution is 7.09. The lowest BCUT2D eigenvalue weighted by atomic mass is 9.76. The van der Waals surface area contributed by atoms with Crippen molar-refractivity contribution in [1.29, 1.82) is 0 Å². The first kappa shape index (κ1) is 44.3. The predicted octanol–water partition coefficient (Wildman–Crippen LogP) is 7.57. The molecule has 9 nitrogen and oxygen atoms in total. The van der Waals surface area contributed by atoms with E-state index in [0.29, 0.717) is 19.4 Å². The van der Waals surface area contributed by atoms with Crippen LogP contribution in [0.2, 0.25) is 0 Å². The van der Waals surface area contributed by atoms with Crippen LogP contribution in [0.4, 0.5) is 0 Å². The summed E-state index contributed by atoms with van der Waals surface area (Å²) in [5.41, 5.74) is 0.646. The molecule has 3 amide bonds. The zero-order valence-corrected chi connectivity index (χ0v) is 35.5. The van der Waals surface area contributed by atoms with Gasteiger partial charge >= 0.3 is 0 Å². The number of hydrogen-bond donors (Lipinski definition) is 2. The van der Waals surface area contributed by atoms with Crippen molar-refractivity contribution < 1.29 is 19.2 Å². The summed E-state index contributed by atoms with van der Waals surface area (Å²) in [7, 11) is 3.83. The third kappa shape index (κ3) is 11.5. The average molecular weight is 752 g/mol. The lowest BCUT2D eigenvalue weighted by Gasteiger charge is -2.43. The summed E-state index contributed by atoms with van der Waals surface area (Å²) in [5, 5.41) is 9.46. The molecule has 2 aromatic rings. The van der Waals surface area contributed by atoms with Crippen LogP contribution in [0.25, 0.3) is 0 Å². The van der Waals surface area contributed by atoms with E-state index < -0.39 is 11.5 Å². The highest BCUT2D eigenvalue weighted by Crippen LogP contribution is 2.40. The summed E-state index contributed by atoms with van der Waals surface area (Å²) in [4.78, 5) is 64.0. The lowest BCUT2D eigenvalue weighted by molar-refractivity contribution is -0.141.